The highest BCUT2D eigenvalue weighted by Gasteiger charge is 2.60. The van der Waals surface area contributed by atoms with E-state index in [2.05, 4.69) is 36.3 Å². The van der Waals surface area contributed by atoms with Crippen LogP contribution in [-0.2, 0) is 23.2 Å². The van der Waals surface area contributed by atoms with Crippen LogP contribution in [0.5, 0.6) is 0 Å². The normalized spacial score (nSPS) is 23.5. The summed E-state index contributed by atoms with van der Waals surface area (Å²) in [5.74, 6) is 0.384. The molecule has 1 saturated heterocycles. The summed E-state index contributed by atoms with van der Waals surface area (Å²) in [5, 5.41) is 16.6. The van der Waals surface area contributed by atoms with E-state index < -0.39 is 11.3 Å². The molecule has 1 spiro atoms. The maximum Gasteiger partial charge on any atom is 0.410 e. The van der Waals surface area contributed by atoms with E-state index in [1.165, 1.54) is 0 Å². The van der Waals surface area contributed by atoms with E-state index in [9.17, 15) is 4.79 Å². The summed E-state index contributed by atoms with van der Waals surface area (Å²) < 4.78 is 27.9. The molecule has 0 atom stereocenters. The number of aromatic amines is 1. The molecule has 8 nitrogen and oxygen atoms in total. The van der Waals surface area contributed by atoms with Crippen LogP contribution >= 0.6 is 27.5 Å². The summed E-state index contributed by atoms with van der Waals surface area (Å²) in [6.45, 7) is 10.6. The Morgan fingerprint density at radius 3 is 2.73 bits per heavy atom. The highest BCUT2D eigenvalue weighted by atomic mass is 79.9. The molecule has 1 aromatic carbocycles. The number of benzene rings is 1. The Balaban J connectivity index is 0.00000156. The molecule has 2 aromatic heterocycles. The van der Waals surface area contributed by atoms with Gasteiger partial charge in [0.1, 0.15) is 5.60 Å². The van der Waals surface area contributed by atoms with Crippen molar-refractivity contribution >= 4 is 44.5 Å². The summed E-state index contributed by atoms with van der Waals surface area (Å²) in [4.78, 5) is 14.2. The van der Waals surface area contributed by atoms with Crippen molar-refractivity contribution in [2.45, 2.75) is 84.4 Å². The number of halogens is 3. The van der Waals surface area contributed by atoms with Crippen molar-refractivity contribution in [1.29, 1.82) is 0 Å². The fourth-order valence-electron chi connectivity index (χ4n) is 5.33. The minimum Gasteiger partial charge on any atom is -0.444 e. The van der Waals surface area contributed by atoms with E-state index in [4.69, 9.17) is 20.8 Å². The van der Waals surface area contributed by atoms with Gasteiger partial charge in [-0.25, -0.2) is 9.18 Å². The quantitative estimate of drug-likeness (QED) is 0.343. The number of H-pyrrole nitrogens is 1. The predicted octanol–water partition coefficient (Wildman–Crippen LogP) is 7.15. The summed E-state index contributed by atoms with van der Waals surface area (Å²) >= 11 is 10.1. The van der Waals surface area contributed by atoms with Crippen molar-refractivity contribution in [3.05, 3.63) is 39.1 Å². The first-order valence-electron chi connectivity index (χ1n) is 12.8. The molecule has 202 valence electrons. The van der Waals surface area contributed by atoms with Gasteiger partial charge < -0.3 is 14.1 Å². The molecule has 0 radical (unpaired) electrons. The zero-order chi connectivity index (χ0) is 27.0. The molecule has 2 fully saturated rings. The molecule has 1 N–H and O–H groups in total. The molecule has 1 amide bonds. The SMILES string of the molecule is CC.CC(C)(C)OC(=O)N1CCCC2(C1)CC(F)(c1nnc(CCc3c(Cl)cc4[nH]ncc4c3Br)o1)C2. The smallest absolute Gasteiger partial charge is 0.410 e. The number of carbonyl (C=O) groups is 1. The molecule has 3 heterocycles. The zero-order valence-electron chi connectivity index (χ0n) is 22.0. The Morgan fingerprint density at radius 1 is 1.30 bits per heavy atom. The maximum absolute atomic E-state index is 15.7. The van der Waals surface area contributed by atoms with E-state index in [1.54, 1.807) is 11.1 Å². The third-order valence-corrected chi connectivity index (χ3v) is 8.04. The Labute approximate surface area is 229 Å². The molecule has 37 heavy (non-hydrogen) atoms. The van der Waals surface area contributed by atoms with Crippen LogP contribution in [0, 0.1) is 5.41 Å². The topological polar surface area (TPSA) is 97.1 Å². The van der Waals surface area contributed by atoms with Gasteiger partial charge in [-0.15, -0.1) is 10.2 Å². The molecule has 1 saturated carbocycles. The van der Waals surface area contributed by atoms with Crippen LogP contribution in [0.1, 0.15) is 77.6 Å². The summed E-state index contributed by atoms with van der Waals surface area (Å²) in [6.07, 6.45) is 4.58. The molecule has 2 aliphatic rings. The second-order valence-electron chi connectivity index (χ2n) is 10.8. The molecule has 11 heteroatoms. The number of nitrogens with zero attached hydrogens (tertiary/aromatic N) is 4. The monoisotopic (exact) mass is 597 g/mol. The van der Waals surface area contributed by atoms with E-state index in [0.717, 1.165) is 33.8 Å². The Bertz CT molecular complexity index is 1260. The van der Waals surface area contributed by atoms with Crippen LogP contribution in [0.3, 0.4) is 0 Å². The van der Waals surface area contributed by atoms with Gasteiger partial charge in [-0.2, -0.15) is 5.10 Å². The van der Waals surface area contributed by atoms with Crippen molar-refractivity contribution < 1.29 is 18.3 Å². The number of carbonyl (C=O) groups excluding carboxylic acids is 1. The number of alkyl halides is 1. The van der Waals surface area contributed by atoms with Crippen LogP contribution in [0.4, 0.5) is 9.18 Å². The average molecular weight is 599 g/mol. The molecule has 1 aliphatic carbocycles. The third-order valence-electron chi connectivity index (χ3n) is 6.79. The number of hydrogen-bond acceptors (Lipinski definition) is 6. The van der Waals surface area contributed by atoms with Gasteiger partial charge in [-0.3, -0.25) is 5.10 Å². The van der Waals surface area contributed by atoms with Crippen molar-refractivity contribution in [3.8, 4) is 0 Å². The first-order chi connectivity index (χ1) is 17.5. The molecule has 3 aromatic rings. The Morgan fingerprint density at radius 2 is 2.03 bits per heavy atom. The summed E-state index contributed by atoms with van der Waals surface area (Å²) in [7, 11) is 0. The van der Waals surface area contributed by atoms with Crippen LogP contribution < -0.4 is 0 Å². The second-order valence-corrected chi connectivity index (χ2v) is 12.0. The van der Waals surface area contributed by atoms with Gasteiger partial charge >= 0.3 is 6.09 Å². The van der Waals surface area contributed by atoms with Crippen molar-refractivity contribution in [1.82, 2.24) is 25.3 Å². The summed E-state index contributed by atoms with van der Waals surface area (Å²) in [5.41, 5.74) is -0.762. The molecule has 1 aliphatic heterocycles. The minimum absolute atomic E-state index is 0.0166. The first-order valence-corrected chi connectivity index (χ1v) is 13.9. The number of hydrogen-bond donors (Lipinski definition) is 1. The Kier molecular flexibility index (Phi) is 7.91. The van der Waals surface area contributed by atoms with Gasteiger partial charge in [0, 0.05) is 34.4 Å². The van der Waals surface area contributed by atoms with Crippen LogP contribution in [-0.4, -0.2) is 50.1 Å². The second kappa shape index (κ2) is 10.5. The van der Waals surface area contributed by atoms with Gasteiger partial charge in [0.2, 0.25) is 5.89 Å². The largest absolute Gasteiger partial charge is 0.444 e. The molecular weight excluding hydrogens is 565 g/mol. The number of aryl methyl sites for hydroxylation is 1. The van der Waals surface area contributed by atoms with Crippen molar-refractivity contribution in [2.24, 2.45) is 5.41 Å². The highest BCUT2D eigenvalue weighted by molar-refractivity contribution is 9.10. The van der Waals surface area contributed by atoms with E-state index in [0.29, 0.717) is 36.8 Å². The standard InChI is InChI=1S/C24H28BrClFN5O3.C2H6/c1-22(2,3)35-21(33)32-8-4-7-23(13-32)11-24(27,12-23)20-31-30-18(34-20)6-5-14-16(26)9-17-15(19(14)25)10-28-29-17;1-2/h9-10H,4-8,11-13H2,1-3H3,(H,28,29);1-2H3. The summed E-state index contributed by atoms with van der Waals surface area (Å²) in [6, 6.07) is 1.83. The lowest BCUT2D eigenvalue weighted by Gasteiger charge is -2.54. The van der Waals surface area contributed by atoms with E-state index >= 15 is 4.39 Å². The van der Waals surface area contributed by atoms with Gasteiger partial charge in [0.15, 0.2) is 5.67 Å². The third kappa shape index (κ3) is 5.79. The maximum atomic E-state index is 15.7. The number of amides is 1. The van der Waals surface area contributed by atoms with Crippen molar-refractivity contribution in [3.63, 3.8) is 0 Å². The number of ether oxygens (including phenoxy) is 1. The lowest BCUT2D eigenvalue weighted by molar-refractivity contribution is -0.121. The Hall–Kier alpha value is -2.20. The van der Waals surface area contributed by atoms with Gasteiger partial charge in [0.05, 0.1) is 11.7 Å². The predicted molar refractivity (Wildman–Crippen MR) is 143 cm³/mol. The lowest BCUT2D eigenvalue weighted by Crippen LogP contribution is -2.57. The number of fused-ring (bicyclic) bond motifs is 1. The molecule has 5 rings (SSSR count). The van der Waals surface area contributed by atoms with Crippen LogP contribution in [0.15, 0.2) is 21.2 Å². The highest BCUT2D eigenvalue weighted by Crippen LogP contribution is 2.60. The fraction of sp³-hybridized carbons (Fsp3) is 0.615. The average Bonchev–Trinajstić information content (AvgIpc) is 3.48. The number of piperidine rings is 1. The fourth-order valence-corrected chi connectivity index (χ4v) is 6.47. The number of aromatic nitrogens is 4. The van der Waals surface area contributed by atoms with Gasteiger partial charge in [-0.1, -0.05) is 25.4 Å². The van der Waals surface area contributed by atoms with Crippen LogP contribution in [0.25, 0.3) is 10.9 Å². The molecule has 0 bridgehead atoms. The van der Waals surface area contributed by atoms with E-state index in [-0.39, 0.29) is 30.2 Å². The molecule has 0 unspecified atom stereocenters. The first kappa shape index (κ1) is 27.8. The minimum atomic E-state index is -1.67. The van der Waals surface area contributed by atoms with Gasteiger partial charge in [0.25, 0.3) is 5.89 Å². The number of rotatable bonds is 4. The number of likely N-dealkylation sites (tertiary alicyclic amines) is 1. The van der Waals surface area contributed by atoms with Crippen molar-refractivity contribution in [2.75, 3.05) is 13.1 Å². The molecular formula is C26H34BrClFN5O3. The zero-order valence-corrected chi connectivity index (χ0v) is 24.3. The lowest BCUT2D eigenvalue weighted by atomic mass is 9.57. The van der Waals surface area contributed by atoms with E-state index in [1.807, 2.05) is 40.7 Å². The van der Waals surface area contributed by atoms with Crippen LogP contribution in [0.2, 0.25) is 5.02 Å². The van der Waals surface area contributed by atoms with Gasteiger partial charge in [-0.05, 0) is 85.9 Å². The number of nitrogens with one attached hydrogen (secondary N) is 1.